The molecule has 150 valence electrons. The Morgan fingerprint density at radius 2 is 1.96 bits per heavy atom. The third-order valence-corrected chi connectivity index (χ3v) is 8.67. The van der Waals surface area contributed by atoms with Gasteiger partial charge in [-0.3, -0.25) is 0 Å². The minimum Gasteiger partial charge on any atom is -0.490 e. The van der Waals surface area contributed by atoms with Gasteiger partial charge in [-0.15, -0.1) is 6.42 Å². The van der Waals surface area contributed by atoms with Crippen molar-refractivity contribution in [2.75, 3.05) is 0 Å². The minimum atomic E-state index is -1.08. The van der Waals surface area contributed by atoms with Crippen molar-refractivity contribution in [1.29, 1.82) is 0 Å². The fraction of sp³-hybridized carbons (Fsp3) is 0.680. The largest absolute Gasteiger partial charge is 0.490 e. The van der Waals surface area contributed by atoms with Crippen molar-refractivity contribution in [2.24, 2.45) is 17.3 Å². The zero-order chi connectivity index (χ0) is 19.5. The Hall–Kier alpha value is -1.50. The van der Waals surface area contributed by atoms with Crippen LogP contribution in [0.15, 0.2) is 18.2 Å². The molecule has 3 fully saturated rings. The van der Waals surface area contributed by atoms with Crippen LogP contribution in [0.1, 0.15) is 75.3 Å². The Labute approximate surface area is 168 Å². The maximum absolute atomic E-state index is 11.2. The van der Waals surface area contributed by atoms with Crippen LogP contribution in [-0.4, -0.2) is 28.0 Å². The molecular weight excluding hydrogens is 348 g/mol. The van der Waals surface area contributed by atoms with Gasteiger partial charge in [0.15, 0.2) is 0 Å². The number of fused-ring (bicyclic) bond motifs is 5. The lowest BCUT2D eigenvalue weighted by atomic mass is 9.52. The number of ether oxygens (including phenoxy) is 1. The summed E-state index contributed by atoms with van der Waals surface area (Å²) in [7, 11) is 0. The molecule has 0 aliphatic heterocycles. The summed E-state index contributed by atoms with van der Waals surface area (Å²) < 4.78 is 6.21. The van der Waals surface area contributed by atoms with E-state index in [9.17, 15) is 10.2 Å². The molecule has 1 aromatic rings. The van der Waals surface area contributed by atoms with E-state index in [1.54, 1.807) is 0 Å². The van der Waals surface area contributed by atoms with E-state index in [0.717, 1.165) is 25.0 Å². The Morgan fingerprint density at radius 3 is 2.71 bits per heavy atom. The summed E-state index contributed by atoms with van der Waals surface area (Å²) in [5, 5.41) is 22.2. The highest BCUT2D eigenvalue weighted by molar-refractivity contribution is 5.42. The number of rotatable bonds is 2. The number of terminal acetylenes is 1. The zero-order valence-electron chi connectivity index (χ0n) is 16.9. The van der Waals surface area contributed by atoms with Crippen LogP contribution in [0.3, 0.4) is 0 Å². The van der Waals surface area contributed by atoms with E-state index >= 15 is 0 Å². The van der Waals surface area contributed by atoms with Crippen LogP contribution < -0.4 is 4.74 Å². The maximum atomic E-state index is 11.2. The van der Waals surface area contributed by atoms with Crippen molar-refractivity contribution in [3.8, 4) is 18.1 Å². The van der Waals surface area contributed by atoms with Crippen molar-refractivity contribution in [1.82, 2.24) is 0 Å². The van der Waals surface area contributed by atoms with E-state index in [2.05, 4.69) is 31.0 Å². The second kappa shape index (κ2) is 6.51. The second-order valence-electron chi connectivity index (χ2n) is 9.95. The molecule has 0 bridgehead atoms. The molecule has 0 spiro atoms. The minimum absolute atomic E-state index is 0.155. The van der Waals surface area contributed by atoms with E-state index in [4.69, 9.17) is 11.2 Å². The van der Waals surface area contributed by atoms with Crippen LogP contribution in [0.4, 0.5) is 0 Å². The van der Waals surface area contributed by atoms with E-state index in [0.29, 0.717) is 30.8 Å². The van der Waals surface area contributed by atoms with E-state index < -0.39 is 11.7 Å². The predicted molar refractivity (Wildman–Crippen MR) is 109 cm³/mol. The van der Waals surface area contributed by atoms with Crippen LogP contribution in [0.5, 0.6) is 5.75 Å². The first kappa shape index (κ1) is 18.5. The standard InChI is InChI=1S/C25H32O3/c1-3-25(27)13-12-21-20-10-8-16-14-18(28-17-6-4-5-7-17)9-11-19(16)23(20)22(26)15-24(21,25)2/h1,9,11,14,17,20-23,26-27H,4-8,10,12-13,15H2,2H3/t20-,21-,22+,23+,24-,25?/m0/s1. The summed E-state index contributed by atoms with van der Waals surface area (Å²) >= 11 is 0. The molecule has 1 unspecified atom stereocenters. The molecule has 0 saturated heterocycles. The number of hydrogen-bond acceptors (Lipinski definition) is 3. The monoisotopic (exact) mass is 380 g/mol. The van der Waals surface area contributed by atoms with Crippen molar-refractivity contribution in [3.63, 3.8) is 0 Å². The number of hydrogen-bond donors (Lipinski definition) is 2. The van der Waals surface area contributed by atoms with Gasteiger partial charge in [-0.25, -0.2) is 0 Å². The molecule has 2 N–H and O–H groups in total. The highest BCUT2D eigenvalue weighted by Crippen LogP contribution is 2.64. The van der Waals surface area contributed by atoms with Gasteiger partial charge >= 0.3 is 0 Å². The summed E-state index contributed by atoms with van der Waals surface area (Å²) in [4.78, 5) is 0. The van der Waals surface area contributed by atoms with Gasteiger partial charge in [0.25, 0.3) is 0 Å². The molecule has 6 atom stereocenters. The molecule has 4 aliphatic carbocycles. The molecule has 0 radical (unpaired) electrons. The Kier molecular flexibility index (Phi) is 4.30. The van der Waals surface area contributed by atoms with E-state index in [1.807, 2.05) is 0 Å². The molecule has 0 heterocycles. The Balaban J connectivity index is 1.44. The molecule has 28 heavy (non-hydrogen) atoms. The smallest absolute Gasteiger partial charge is 0.130 e. The first-order valence-electron chi connectivity index (χ1n) is 11.1. The maximum Gasteiger partial charge on any atom is 0.130 e. The normalized spacial score (nSPS) is 42.4. The SMILES string of the molecule is C#CC1(O)CC[C@H]2[C@@H]3CCc4cc(OC5CCCC5)ccc4[C@H]3[C@H](O)C[C@@]21C. The number of aliphatic hydroxyl groups is 2. The molecule has 3 saturated carbocycles. The van der Waals surface area contributed by atoms with E-state index in [-0.39, 0.29) is 11.3 Å². The van der Waals surface area contributed by atoms with Crippen LogP contribution in [-0.2, 0) is 6.42 Å². The molecule has 3 heteroatoms. The van der Waals surface area contributed by atoms with E-state index in [1.165, 1.54) is 36.8 Å². The molecular formula is C25H32O3. The Bertz CT molecular complexity index is 805. The quantitative estimate of drug-likeness (QED) is 0.756. The summed E-state index contributed by atoms with van der Waals surface area (Å²) in [5.74, 6) is 4.60. The number of benzene rings is 1. The highest BCUT2D eigenvalue weighted by atomic mass is 16.5. The van der Waals surface area contributed by atoms with Crippen LogP contribution in [0.25, 0.3) is 0 Å². The van der Waals surface area contributed by atoms with Crippen LogP contribution in [0, 0.1) is 29.6 Å². The van der Waals surface area contributed by atoms with Crippen molar-refractivity contribution in [3.05, 3.63) is 29.3 Å². The molecule has 1 aromatic carbocycles. The van der Waals surface area contributed by atoms with Gasteiger partial charge in [0.2, 0.25) is 0 Å². The molecule has 0 amide bonds. The van der Waals surface area contributed by atoms with Crippen molar-refractivity contribution < 1.29 is 14.9 Å². The summed E-state index contributed by atoms with van der Waals surface area (Å²) in [6.07, 6.45) is 14.8. The van der Waals surface area contributed by atoms with Gasteiger partial charge in [-0.05, 0) is 92.9 Å². The topological polar surface area (TPSA) is 49.7 Å². The summed E-state index contributed by atoms with van der Waals surface area (Å²) in [5.41, 5.74) is 1.17. The summed E-state index contributed by atoms with van der Waals surface area (Å²) in [6.45, 7) is 2.11. The third-order valence-electron chi connectivity index (χ3n) is 8.67. The molecule has 3 nitrogen and oxygen atoms in total. The lowest BCUT2D eigenvalue weighted by molar-refractivity contribution is -0.107. The predicted octanol–water partition coefficient (Wildman–Crippen LogP) is 4.20. The van der Waals surface area contributed by atoms with Crippen LogP contribution >= 0.6 is 0 Å². The molecule has 5 rings (SSSR count). The second-order valence-corrected chi connectivity index (χ2v) is 9.95. The Morgan fingerprint density at radius 1 is 1.18 bits per heavy atom. The lowest BCUT2D eigenvalue weighted by Crippen LogP contribution is -2.54. The first-order chi connectivity index (χ1) is 13.4. The average molecular weight is 381 g/mol. The van der Waals surface area contributed by atoms with Crippen molar-refractivity contribution >= 4 is 0 Å². The number of aryl methyl sites for hydroxylation is 1. The van der Waals surface area contributed by atoms with Crippen molar-refractivity contribution in [2.45, 2.75) is 88.4 Å². The molecule has 0 aromatic heterocycles. The number of aliphatic hydroxyl groups excluding tert-OH is 1. The molecule has 4 aliphatic rings. The van der Waals surface area contributed by atoms with Gasteiger partial charge in [0.05, 0.1) is 12.2 Å². The highest BCUT2D eigenvalue weighted by Gasteiger charge is 2.63. The van der Waals surface area contributed by atoms with Gasteiger partial charge in [0.1, 0.15) is 11.4 Å². The summed E-state index contributed by atoms with van der Waals surface area (Å²) in [6, 6.07) is 6.52. The average Bonchev–Trinajstić information content (AvgIpc) is 3.28. The van der Waals surface area contributed by atoms with Gasteiger partial charge in [-0.1, -0.05) is 18.9 Å². The lowest BCUT2D eigenvalue weighted by Gasteiger charge is -2.54. The van der Waals surface area contributed by atoms with Gasteiger partial charge in [-0.2, -0.15) is 0 Å². The van der Waals surface area contributed by atoms with Gasteiger partial charge in [0, 0.05) is 11.3 Å². The van der Waals surface area contributed by atoms with Crippen LogP contribution in [0.2, 0.25) is 0 Å². The first-order valence-corrected chi connectivity index (χ1v) is 11.1. The third kappa shape index (κ3) is 2.57. The zero-order valence-corrected chi connectivity index (χ0v) is 16.9. The fourth-order valence-corrected chi connectivity index (χ4v) is 7.15. The van der Waals surface area contributed by atoms with Gasteiger partial charge < -0.3 is 14.9 Å². The fourth-order valence-electron chi connectivity index (χ4n) is 7.15.